The van der Waals surface area contributed by atoms with Crippen LogP contribution in [0, 0.1) is 42.4 Å². The molecule has 0 radical (unpaired) electrons. The minimum Gasteiger partial charge on any atom is -0.359 e. The highest BCUT2D eigenvalue weighted by molar-refractivity contribution is 5.78. The Kier molecular flexibility index (Phi) is 3.60. The van der Waals surface area contributed by atoms with Crippen molar-refractivity contribution in [2.75, 3.05) is 7.05 Å². The lowest BCUT2D eigenvalue weighted by atomic mass is 9.74. The Labute approximate surface area is 85.5 Å². The molecule has 0 bridgehead atoms. The van der Waals surface area contributed by atoms with E-state index in [0.29, 0.717) is 0 Å². The van der Waals surface area contributed by atoms with Gasteiger partial charge in [0.2, 0.25) is 5.91 Å². The van der Waals surface area contributed by atoms with E-state index < -0.39 is 0 Å². The number of nitrogens with one attached hydrogen (secondary N) is 1. The second kappa shape index (κ2) is 4.72. The Morgan fingerprint density at radius 3 is 2.43 bits per heavy atom. The Hall–Kier alpha value is -1.41. The molecule has 1 N–H and O–H groups in total. The predicted octanol–water partition coefficient (Wildman–Crippen LogP) is 1.03. The number of hydrogen-bond donors (Lipinski definition) is 1. The number of amides is 1. The normalized spacial score (nSPS) is 31.2. The van der Waals surface area contributed by atoms with Crippen molar-refractivity contribution in [2.24, 2.45) is 17.8 Å². The summed E-state index contributed by atoms with van der Waals surface area (Å²) < 4.78 is 0. The Bertz CT molecular complexity index is 294. The lowest BCUT2D eigenvalue weighted by Gasteiger charge is -2.29. The number of terminal acetylenes is 2. The number of carbonyl (C=O) groups excluding carboxylic acids is 1. The van der Waals surface area contributed by atoms with E-state index in [1.807, 2.05) is 0 Å². The highest BCUT2D eigenvalue weighted by Gasteiger charge is 2.31. The van der Waals surface area contributed by atoms with Crippen LogP contribution in [0.2, 0.25) is 0 Å². The highest BCUT2D eigenvalue weighted by atomic mass is 16.1. The molecule has 1 aliphatic carbocycles. The summed E-state index contributed by atoms with van der Waals surface area (Å²) in [4.78, 5) is 11.4. The molecule has 3 unspecified atom stereocenters. The smallest absolute Gasteiger partial charge is 0.222 e. The summed E-state index contributed by atoms with van der Waals surface area (Å²) in [6.07, 6.45) is 13.2. The molecule has 74 valence electrons. The van der Waals surface area contributed by atoms with E-state index in [4.69, 9.17) is 12.8 Å². The summed E-state index contributed by atoms with van der Waals surface area (Å²) in [7, 11) is 1.65. The summed E-state index contributed by atoms with van der Waals surface area (Å²) in [6, 6.07) is 0. The van der Waals surface area contributed by atoms with E-state index in [-0.39, 0.29) is 23.7 Å². The van der Waals surface area contributed by atoms with E-state index in [2.05, 4.69) is 17.2 Å². The van der Waals surface area contributed by atoms with Gasteiger partial charge in [-0.25, -0.2) is 0 Å². The largest absolute Gasteiger partial charge is 0.359 e. The van der Waals surface area contributed by atoms with E-state index in [1.165, 1.54) is 0 Å². The minimum atomic E-state index is 0.0469. The molecule has 0 aromatic rings. The van der Waals surface area contributed by atoms with E-state index in [1.54, 1.807) is 7.05 Å². The molecule has 0 spiro atoms. The van der Waals surface area contributed by atoms with Crippen LogP contribution < -0.4 is 5.32 Å². The standard InChI is InChI=1S/C12H15NO/c1-4-9-6-7-11(12(14)13-3)8-10(9)5-2/h1-2,9-11H,6-8H2,3H3,(H,13,14). The van der Waals surface area contributed by atoms with Gasteiger partial charge in [0.25, 0.3) is 0 Å². The van der Waals surface area contributed by atoms with Crippen molar-refractivity contribution >= 4 is 5.91 Å². The van der Waals surface area contributed by atoms with Crippen LogP contribution in [0.25, 0.3) is 0 Å². The molecule has 1 amide bonds. The predicted molar refractivity (Wildman–Crippen MR) is 56.1 cm³/mol. The minimum absolute atomic E-state index is 0.0469. The van der Waals surface area contributed by atoms with Crippen LogP contribution in [0.15, 0.2) is 0 Å². The van der Waals surface area contributed by atoms with Crippen molar-refractivity contribution in [2.45, 2.75) is 19.3 Å². The van der Waals surface area contributed by atoms with Crippen molar-refractivity contribution in [3.05, 3.63) is 0 Å². The molecule has 1 saturated carbocycles. The molecule has 2 nitrogen and oxygen atoms in total. The van der Waals surface area contributed by atoms with Gasteiger partial charge < -0.3 is 5.32 Å². The third-order valence-corrected chi connectivity index (χ3v) is 2.90. The summed E-state index contributed by atoms with van der Waals surface area (Å²) in [5.41, 5.74) is 0. The van der Waals surface area contributed by atoms with Gasteiger partial charge in [-0.15, -0.1) is 24.7 Å². The van der Waals surface area contributed by atoms with Gasteiger partial charge in [-0.3, -0.25) is 4.79 Å². The molecule has 0 aromatic carbocycles. The molecule has 0 heterocycles. The SMILES string of the molecule is C#CC1CCC(C(=O)NC)CC1C#C. The maximum absolute atomic E-state index is 11.4. The molecular weight excluding hydrogens is 174 g/mol. The zero-order chi connectivity index (χ0) is 10.6. The van der Waals surface area contributed by atoms with Crippen molar-refractivity contribution in [1.82, 2.24) is 5.32 Å². The van der Waals surface area contributed by atoms with E-state index in [9.17, 15) is 4.79 Å². The fraction of sp³-hybridized carbons (Fsp3) is 0.583. The van der Waals surface area contributed by atoms with Crippen LogP contribution in [-0.4, -0.2) is 13.0 Å². The summed E-state index contributed by atoms with van der Waals surface area (Å²) >= 11 is 0. The Morgan fingerprint density at radius 2 is 1.93 bits per heavy atom. The quantitative estimate of drug-likeness (QED) is 0.613. The monoisotopic (exact) mass is 189 g/mol. The van der Waals surface area contributed by atoms with Crippen LogP contribution in [0.4, 0.5) is 0 Å². The first kappa shape index (κ1) is 10.7. The Morgan fingerprint density at radius 1 is 1.29 bits per heavy atom. The summed E-state index contributed by atoms with van der Waals surface area (Å²) in [5, 5.41) is 2.65. The first-order chi connectivity index (χ1) is 6.72. The number of hydrogen-bond acceptors (Lipinski definition) is 1. The first-order valence-corrected chi connectivity index (χ1v) is 4.86. The second-order valence-corrected chi connectivity index (χ2v) is 3.67. The molecule has 0 saturated heterocycles. The lowest BCUT2D eigenvalue weighted by Crippen LogP contribution is -2.33. The number of carbonyl (C=O) groups is 1. The maximum Gasteiger partial charge on any atom is 0.222 e. The topological polar surface area (TPSA) is 29.1 Å². The molecule has 1 rings (SSSR count). The van der Waals surface area contributed by atoms with Crippen molar-refractivity contribution in [3.8, 4) is 24.7 Å². The van der Waals surface area contributed by atoms with Crippen molar-refractivity contribution < 1.29 is 4.79 Å². The molecule has 0 aliphatic heterocycles. The molecular formula is C12H15NO. The van der Waals surface area contributed by atoms with Gasteiger partial charge in [0.1, 0.15) is 0 Å². The van der Waals surface area contributed by atoms with E-state index >= 15 is 0 Å². The molecule has 0 aromatic heterocycles. The zero-order valence-electron chi connectivity index (χ0n) is 8.42. The van der Waals surface area contributed by atoms with Gasteiger partial charge in [-0.2, -0.15) is 0 Å². The van der Waals surface area contributed by atoms with Crippen molar-refractivity contribution in [3.63, 3.8) is 0 Å². The first-order valence-electron chi connectivity index (χ1n) is 4.86. The molecule has 14 heavy (non-hydrogen) atoms. The summed E-state index contributed by atoms with van der Waals surface area (Å²) in [5.74, 6) is 5.75. The fourth-order valence-electron chi connectivity index (χ4n) is 2.00. The van der Waals surface area contributed by atoms with Crippen LogP contribution in [-0.2, 0) is 4.79 Å². The average molecular weight is 189 g/mol. The van der Waals surface area contributed by atoms with Gasteiger partial charge in [0, 0.05) is 24.8 Å². The summed E-state index contributed by atoms with van der Waals surface area (Å²) in [6.45, 7) is 0. The van der Waals surface area contributed by atoms with Crippen LogP contribution in [0.3, 0.4) is 0 Å². The van der Waals surface area contributed by atoms with Gasteiger partial charge in [-0.05, 0) is 19.3 Å². The van der Waals surface area contributed by atoms with Crippen molar-refractivity contribution in [1.29, 1.82) is 0 Å². The molecule has 1 fully saturated rings. The molecule has 2 heteroatoms. The second-order valence-electron chi connectivity index (χ2n) is 3.67. The Balaban J connectivity index is 2.63. The van der Waals surface area contributed by atoms with Gasteiger partial charge in [0.15, 0.2) is 0 Å². The maximum atomic E-state index is 11.4. The van der Waals surface area contributed by atoms with Gasteiger partial charge >= 0.3 is 0 Å². The van der Waals surface area contributed by atoms with Crippen LogP contribution >= 0.6 is 0 Å². The van der Waals surface area contributed by atoms with Gasteiger partial charge in [-0.1, -0.05) is 0 Å². The molecule has 1 aliphatic rings. The van der Waals surface area contributed by atoms with E-state index in [0.717, 1.165) is 19.3 Å². The third kappa shape index (κ3) is 2.09. The highest BCUT2D eigenvalue weighted by Crippen LogP contribution is 2.33. The third-order valence-electron chi connectivity index (χ3n) is 2.90. The molecule has 3 atom stereocenters. The number of rotatable bonds is 1. The van der Waals surface area contributed by atoms with Gasteiger partial charge in [0.05, 0.1) is 0 Å². The van der Waals surface area contributed by atoms with Crippen LogP contribution in [0.1, 0.15) is 19.3 Å². The zero-order valence-corrected chi connectivity index (χ0v) is 8.42. The fourth-order valence-corrected chi connectivity index (χ4v) is 2.00. The van der Waals surface area contributed by atoms with Crippen LogP contribution in [0.5, 0.6) is 0 Å². The average Bonchev–Trinajstić information content (AvgIpc) is 2.26. The lowest BCUT2D eigenvalue weighted by molar-refractivity contribution is -0.125.